The van der Waals surface area contributed by atoms with E-state index in [1.165, 1.54) is 6.08 Å². The molecule has 0 saturated heterocycles. The standard InChI is InChI=1S/C20H21NO2/c1-4-14-23-18-11-8-17(9-12-18)10-13-20(22)21-19-7-5-6-15(2)16(19)3/h4-13H,1,14H2,2-3H3,(H,21,22)/b13-10+. The average molecular weight is 307 g/mol. The molecule has 3 nitrogen and oxygen atoms in total. The summed E-state index contributed by atoms with van der Waals surface area (Å²) in [4.78, 5) is 12.0. The molecule has 0 radical (unpaired) electrons. The topological polar surface area (TPSA) is 38.3 Å². The minimum atomic E-state index is -0.148. The van der Waals surface area contributed by atoms with Crippen LogP contribution >= 0.6 is 0 Å². The van der Waals surface area contributed by atoms with E-state index in [1.807, 2.05) is 56.3 Å². The maximum Gasteiger partial charge on any atom is 0.248 e. The Hall–Kier alpha value is -2.81. The van der Waals surface area contributed by atoms with E-state index in [-0.39, 0.29) is 5.91 Å². The molecule has 2 rings (SSSR count). The first kappa shape index (κ1) is 16.6. The number of aryl methyl sites for hydroxylation is 1. The summed E-state index contributed by atoms with van der Waals surface area (Å²) < 4.78 is 5.42. The predicted octanol–water partition coefficient (Wildman–Crippen LogP) is 4.52. The third-order valence-electron chi connectivity index (χ3n) is 3.54. The van der Waals surface area contributed by atoms with Crippen molar-refractivity contribution >= 4 is 17.7 Å². The van der Waals surface area contributed by atoms with E-state index < -0.39 is 0 Å². The van der Waals surface area contributed by atoms with Crippen molar-refractivity contribution < 1.29 is 9.53 Å². The van der Waals surface area contributed by atoms with Crippen LogP contribution in [0.3, 0.4) is 0 Å². The van der Waals surface area contributed by atoms with Crippen molar-refractivity contribution in [2.45, 2.75) is 13.8 Å². The average Bonchev–Trinajstić information content (AvgIpc) is 2.56. The van der Waals surface area contributed by atoms with E-state index in [1.54, 1.807) is 12.2 Å². The van der Waals surface area contributed by atoms with Gasteiger partial charge in [-0.3, -0.25) is 4.79 Å². The summed E-state index contributed by atoms with van der Waals surface area (Å²) in [6, 6.07) is 13.4. The lowest BCUT2D eigenvalue weighted by Gasteiger charge is -2.08. The maximum atomic E-state index is 12.0. The number of nitrogens with one attached hydrogen (secondary N) is 1. The second kappa shape index (κ2) is 7.99. The van der Waals surface area contributed by atoms with Gasteiger partial charge < -0.3 is 10.1 Å². The van der Waals surface area contributed by atoms with E-state index in [0.29, 0.717) is 6.61 Å². The molecule has 0 aliphatic rings. The number of hydrogen-bond donors (Lipinski definition) is 1. The van der Waals surface area contributed by atoms with Gasteiger partial charge in [0.2, 0.25) is 5.91 Å². The summed E-state index contributed by atoms with van der Waals surface area (Å²) in [5.74, 6) is 0.632. The molecule has 0 bridgehead atoms. The summed E-state index contributed by atoms with van der Waals surface area (Å²) >= 11 is 0. The van der Waals surface area contributed by atoms with Crippen LogP contribution in [0.15, 0.2) is 61.2 Å². The normalized spacial score (nSPS) is 10.5. The predicted molar refractivity (Wildman–Crippen MR) is 95.7 cm³/mol. The molecule has 1 amide bonds. The fourth-order valence-electron chi connectivity index (χ4n) is 2.06. The maximum absolute atomic E-state index is 12.0. The fraction of sp³-hybridized carbons (Fsp3) is 0.150. The van der Waals surface area contributed by atoms with Crippen molar-refractivity contribution in [1.29, 1.82) is 0 Å². The smallest absolute Gasteiger partial charge is 0.248 e. The number of carbonyl (C=O) groups is 1. The summed E-state index contributed by atoms with van der Waals surface area (Å²) in [7, 11) is 0. The summed E-state index contributed by atoms with van der Waals surface area (Å²) in [6.45, 7) is 8.11. The third-order valence-corrected chi connectivity index (χ3v) is 3.54. The zero-order valence-electron chi connectivity index (χ0n) is 13.5. The highest BCUT2D eigenvalue weighted by Gasteiger charge is 2.03. The van der Waals surface area contributed by atoms with Crippen molar-refractivity contribution in [2.24, 2.45) is 0 Å². The molecule has 118 valence electrons. The molecule has 0 aliphatic carbocycles. The van der Waals surface area contributed by atoms with Gasteiger partial charge in [0, 0.05) is 11.8 Å². The first-order chi connectivity index (χ1) is 11.1. The highest BCUT2D eigenvalue weighted by molar-refractivity contribution is 6.02. The van der Waals surface area contributed by atoms with Gasteiger partial charge in [0.15, 0.2) is 0 Å². The van der Waals surface area contributed by atoms with Gasteiger partial charge in [-0.25, -0.2) is 0 Å². The largest absolute Gasteiger partial charge is 0.490 e. The zero-order valence-corrected chi connectivity index (χ0v) is 13.5. The second-order valence-electron chi connectivity index (χ2n) is 5.24. The highest BCUT2D eigenvalue weighted by Crippen LogP contribution is 2.18. The first-order valence-electron chi connectivity index (χ1n) is 7.49. The van der Waals surface area contributed by atoms with Crippen molar-refractivity contribution in [3.05, 3.63) is 77.9 Å². The number of amides is 1. The van der Waals surface area contributed by atoms with Gasteiger partial charge in [0.1, 0.15) is 12.4 Å². The van der Waals surface area contributed by atoms with Gasteiger partial charge in [-0.1, -0.05) is 36.9 Å². The molecule has 3 heteroatoms. The van der Waals surface area contributed by atoms with Crippen LogP contribution in [0.4, 0.5) is 5.69 Å². The van der Waals surface area contributed by atoms with Crippen LogP contribution in [0.5, 0.6) is 5.75 Å². The van der Waals surface area contributed by atoms with Crippen LogP contribution in [0.2, 0.25) is 0 Å². The number of benzene rings is 2. The van der Waals surface area contributed by atoms with Crippen LogP contribution in [0.25, 0.3) is 6.08 Å². The molecule has 1 N–H and O–H groups in total. The Morgan fingerprint density at radius 2 is 1.91 bits per heavy atom. The number of carbonyl (C=O) groups excluding carboxylic acids is 1. The van der Waals surface area contributed by atoms with E-state index >= 15 is 0 Å². The van der Waals surface area contributed by atoms with Crippen molar-refractivity contribution in [1.82, 2.24) is 0 Å². The Balaban J connectivity index is 1.98. The van der Waals surface area contributed by atoms with E-state index in [9.17, 15) is 4.79 Å². The Morgan fingerprint density at radius 1 is 1.17 bits per heavy atom. The summed E-state index contributed by atoms with van der Waals surface area (Å²) in [6.07, 6.45) is 5.00. The lowest BCUT2D eigenvalue weighted by atomic mass is 10.1. The quantitative estimate of drug-likeness (QED) is 0.629. The van der Waals surface area contributed by atoms with E-state index in [0.717, 1.165) is 28.1 Å². The zero-order chi connectivity index (χ0) is 16.7. The van der Waals surface area contributed by atoms with E-state index in [2.05, 4.69) is 11.9 Å². The Labute approximate surface area is 137 Å². The lowest BCUT2D eigenvalue weighted by molar-refractivity contribution is -0.111. The SMILES string of the molecule is C=CCOc1ccc(/C=C/C(=O)Nc2cccc(C)c2C)cc1. The molecule has 0 unspecified atom stereocenters. The Kier molecular flexibility index (Phi) is 5.75. The molecule has 23 heavy (non-hydrogen) atoms. The molecule has 0 fully saturated rings. The molecule has 2 aromatic carbocycles. The molecule has 0 aliphatic heterocycles. The van der Waals surface area contributed by atoms with Gasteiger partial charge in [-0.15, -0.1) is 0 Å². The minimum absolute atomic E-state index is 0.148. The molecule has 0 heterocycles. The van der Waals surface area contributed by atoms with Crippen LogP contribution < -0.4 is 10.1 Å². The van der Waals surface area contributed by atoms with Crippen molar-refractivity contribution in [2.75, 3.05) is 11.9 Å². The number of ether oxygens (including phenoxy) is 1. The van der Waals surface area contributed by atoms with Crippen molar-refractivity contribution in [3.63, 3.8) is 0 Å². The third kappa shape index (κ3) is 4.85. The Morgan fingerprint density at radius 3 is 2.61 bits per heavy atom. The van der Waals surface area contributed by atoms with Crippen LogP contribution in [0.1, 0.15) is 16.7 Å². The Bertz CT molecular complexity index is 715. The molecule has 2 aromatic rings. The summed E-state index contributed by atoms with van der Waals surface area (Å²) in [5.41, 5.74) is 4.01. The van der Waals surface area contributed by atoms with E-state index in [4.69, 9.17) is 4.74 Å². The van der Waals surface area contributed by atoms with Crippen LogP contribution in [0, 0.1) is 13.8 Å². The van der Waals surface area contributed by atoms with Gasteiger partial charge in [0.05, 0.1) is 0 Å². The second-order valence-corrected chi connectivity index (χ2v) is 5.24. The monoisotopic (exact) mass is 307 g/mol. The van der Waals surface area contributed by atoms with Crippen LogP contribution in [-0.4, -0.2) is 12.5 Å². The lowest BCUT2D eigenvalue weighted by Crippen LogP contribution is -2.09. The minimum Gasteiger partial charge on any atom is -0.490 e. The number of hydrogen-bond acceptors (Lipinski definition) is 2. The van der Waals surface area contributed by atoms with Crippen molar-refractivity contribution in [3.8, 4) is 5.75 Å². The molecular formula is C20H21NO2. The molecule has 0 spiro atoms. The summed E-state index contributed by atoms with van der Waals surface area (Å²) in [5, 5.41) is 2.90. The molecular weight excluding hydrogens is 286 g/mol. The fourth-order valence-corrected chi connectivity index (χ4v) is 2.06. The first-order valence-corrected chi connectivity index (χ1v) is 7.49. The molecule has 0 saturated carbocycles. The van der Waals surface area contributed by atoms with Gasteiger partial charge in [-0.05, 0) is 54.8 Å². The highest BCUT2D eigenvalue weighted by atomic mass is 16.5. The molecule has 0 atom stereocenters. The van der Waals surface area contributed by atoms with Gasteiger partial charge in [0.25, 0.3) is 0 Å². The van der Waals surface area contributed by atoms with Crippen LogP contribution in [-0.2, 0) is 4.79 Å². The number of anilines is 1. The number of rotatable bonds is 6. The molecule has 0 aromatic heterocycles. The van der Waals surface area contributed by atoms with Gasteiger partial charge in [-0.2, -0.15) is 0 Å². The van der Waals surface area contributed by atoms with Gasteiger partial charge >= 0.3 is 0 Å².